The van der Waals surface area contributed by atoms with Crippen LogP contribution in [0.3, 0.4) is 0 Å². The lowest BCUT2D eigenvalue weighted by Crippen LogP contribution is -2.48. The number of carbonyl (C=O) groups is 1. The summed E-state index contributed by atoms with van der Waals surface area (Å²) in [5, 5.41) is 8.00. The maximum Gasteiger partial charge on any atom is 0.256 e. The third kappa shape index (κ3) is 5.10. The molecular formula is C25H34N6O3S. The summed E-state index contributed by atoms with van der Waals surface area (Å²) in [6.45, 7) is 13.4. The first-order valence-electron chi connectivity index (χ1n) is 12.1. The Balaban J connectivity index is 1.62. The van der Waals surface area contributed by atoms with Crippen molar-refractivity contribution in [3.63, 3.8) is 0 Å². The van der Waals surface area contributed by atoms with E-state index in [0.717, 1.165) is 12.2 Å². The third-order valence-electron chi connectivity index (χ3n) is 6.42. The molecule has 1 aliphatic rings. The van der Waals surface area contributed by atoms with Crippen LogP contribution in [0.25, 0.3) is 11.0 Å². The van der Waals surface area contributed by atoms with Crippen molar-refractivity contribution >= 4 is 32.7 Å². The van der Waals surface area contributed by atoms with Crippen molar-refractivity contribution in [1.29, 1.82) is 0 Å². The van der Waals surface area contributed by atoms with E-state index >= 15 is 0 Å². The molecule has 0 saturated carbocycles. The number of amides is 1. The van der Waals surface area contributed by atoms with Gasteiger partial charge in [0, 0.05) is 43.6 Å². The molecule has 0 aliphatic carbocycles. The summed E-state index contributed by atoms with van der Waals surface area (Å²) in [6, 6.07) is 8.35. The summed E-state index contributed by atoms with van der Waals surface area (Å²) in [7, 11) is -3.64. The second-order valence-corrected chi connectivity index (χ2v) is 11.4. The lowest BCUT2D eigenvalue weighted by Gasteiger charge is -2.33. The Morgan fingerprint density at radius 2 is 1.80 bits per heavy atom. The predicted molar refractivity (Wildman–Crippen MR) is 137 cm³/mol. The minimum absolute atomic E-state index is 0.0967. The summed E-state index contributed by atoms with van der Waals surface area (Å²) in [5.74, 6) is -0.197. The van der Waals surface area contributed by atoms with Gasteiger partial charge < -0.3 is 10.2 Å². The van der Waals surface area contributed by atoms with Crippen LogP contribution in [0.15, 0.2) is 41.4 Å². The molecule has 3 heterocycles. The minimum Gasteiger partial charge on any atom is -0.322 e. The molecule has 3 aromatic rings. The van der Waals surface area contributed by atoms with Crippen molar-refractivity contribution in [3.05, 3.63) is 47.8 Å². The van der Waals surface area contributed by atoms with E-state index in [1.165, 1.54) is 10.4 Å². The number of piperazine rings is 1. The van der Waals surface area contributed by atoms with E-state index in [-0.39, 0.29) is 22.8 Å². The van der Waals surface area contributed by atoms with Crippen LogP contribution in [0.1, 0.15) is 62.6 Å². The first-order valence-corrected chi connectivity index (χ1v) is 13.6. The molecule has 1 N–H and O–H groups in total. The number of pyridine rings is 1. The smallest absolute Gasteiger partial charge is 0.256 e. The second-order valence-electron chi connectivity index (χ2n) is 9.49. The summed E-state index contributed by atoms with van der Waals surface area (Å²) >= 11 is 0. The number of hydrogen-bond donors (Lipinski definition) is 1. The number of fused-ring (bicyclic) bond motifs is 1. The van der Waals surface area contributed by atoms with Crippen molar-refractivity contribution in [3.8, 4) is 0 Å². The average molecular weight is 499 g/mol. The van der Waals surface area contributed by atoms with Gasteiger partial charge in [0.2, 0.25) is 10.0 Å². The highest BCUT2D eigenvalue weighted by Crippen LogP contribution is 2.26. The molecule has 1 saturated heterocycles. The van der Waals surface area contributed by atoms with Gasteiger partial charge in [-0.2, -0.15) is 9.40 Å². The van der Waals surface area contributed by atoms with Crippen molar-refractivity contribution in [2.75, 3.05) is 38.0 Å². The average Bonchev–Trinajstić information content (AvgIpc) is 3.28. The molecule has 0 spiro atoms. The number of likely N-dealkylation sites (N-methyl/N-ethyl adjacent to an activating group) is 1. The molecule has 188 valence electrons. The Labute approximate surface area is 207 Å². The Morgan fingerprint density at radius 3 is 2.43 bits per heavy atom. The van der Waals surface area contributed by atoms with Crippen LogP contribution in [0.4, 0.5) is 5.69 Å². The molecule has 0 atom stereocenters. The van der Waals surface area contributed by atoms with Gasteiger partial charge in [-0.15, -0.1) is 0 Å². The van der Waals surface area contributed by atoms with E-state index in [4.69, 9.17) is 4.98 Å². The van der Waals surface area contributed by atoms with Crippen LogP contribution in [-0.4, -0.2) is 71.0 Å². The topological polar surface area (TPSA) is 100 Å². The second kappa shape index (κ2) is 10.0. The zero-order chi connectivity index (χ0) is 25.3. The van der Waals surface area contributed by atoms with Gasteiger partial charge in [0.25, 0.3) is 5.91 Å². The van der Waals surface area contributed by atoms with E-state index in [9.17, 15) is 13.2 Å². The lowest BCUT2D eigenvalue weighted by atomic mass is 10.0. The molecule has 4 rings (SSSR count). The van der Waals surface area contributed by atoms with Crippen molar-refractivity contribution in [1.82, 2.24) is 24.0 Å². The highest BCUT2D eigenvalue weighted by atomic mass is 32.2. The Hall–Kier alpha value is -2.82. The number of nitrogens with one attached hydrogen (secondary N) is 1. The number of anilines is 1. The van der Waals surface area contributed by atoms with Gasteiger partial charge in [-0.05, 0) is 50.6 Å². The molecule has 1 amide bonds. The molecule has 0 radical (unpaired) electrons. The van der Waals surface area contributed by atoms with Crippen LogP contribution < -0.4 is 5.32 Å². The predicted octanol–water partition coefficient (Wildman–Crippen LogP) is 3.71. The maximum absolute atomic E-state index is 13.4. The van der Waals surface area contributed by atoms with Crippen molar-refractivity contribution in [2.45, 2.75) is 51.5 Å². The number of sulfonamides is 1. The summed E-state index contributed by atoms with van der Waals surface area (Å²) in [6.07, 6.45) is 1.66. The molecule has 1 aliphatic heterocycles. The fraction of sp³-hybridized carbons (Fsp3) is 0.480. The zero-order valence-corrected chi connectivity index (χ0v) is 21.8. The first kappa shape index (κ1) is 25.3. The van der Waals surface area contributed by atoms with Crippen LogP contribution in [0.5, 0.6) is 0 Å². The molecule has 1 aromatic carbocycles. The number of hydrogen-bond acceptors (Lipinski definition) is 6. The largest absolute Gasteiger partial charge is 0.322 e. The Bertz CT molecular complexity index is 1320. The summed E-state index contributed by atoms with van der Waals surface area (Å²) in [4.78, 5) is 20.5. The van der Waals surface area contributed by atoms with Gasteiger partial charge in [-0.3, -0.25) is 4.79 Å². The molecule has 9 nitrogen and oxygen atoms in total. The van der Waals surface area contributed by atoms with Gasteiger partial charge in [0.15, 0.2) is 5.65 Å². The van der Waals surface area contributed by atoms with Gasteiger partial charge >= 0.3 is 0 Å². The monoisotopic (exact) mass is 498 g/mol. The molecule has 1 fully saturated rings. The Morgan fingerprint density at radius 1 is 1.09 bits per heavy atom. The van der Waals surface area contributed by atoms with Gasteiger partial charge in [-0.25, -0.2) is 18.1 Å². The van der Waals surface area contributed by atoms with E-state index < -0.39 is 10.0 Å². The number of carbonyl (C=O) groups excluding carboxylic acids is 1. The van der Waals surface area contributed by atoms with Crippen molar-refractivity contribution < 1.29 is 13.2 Å². The van der Waals surface area contributed by atoms with Crippen LogP contribution in [0.2, 0.25) is 0 Å². The van der Waals surface area contributed by atoms with Crippen LogP contribution in [0, 0.1) is 0 Å². The van der Waals surface area contributed by atoms with Crippen LogP contribution in [-0.2, 0) is 10.0 Å². The zero-order valence-electron chi connectivity index (χ0n) is 21.0. The molecule has 0 bridgehead atoms. The van der Waals surface area contributed by atoms with Crippen LogP contribution >= 0.6 is 0 Å². The number of rotatable bonds is 7. The number of nitrogens with zero attached hydrogens (tertiary/aromatic N) is 5. The normalized spacial score (nSPS) is 15.9. The molecular weight excluding hydrogens is 464 g/mol. The van der Waals surface area contributed by atoms with E-state index in [1.54, 1.807) is 30.5 Å². The first-order chi connectivity index (χ1) is 16.6. The van der Waals surface area contributed by atoms with E-state index in [0.29, 0.717) is 48.5 Å². The van der Waals surface area contributed by atoms with Gasteiger partial charge in [0.05, 0.1) is 22.0 Å². The van der Waals surface area contributed by atoms with E-state index in [2.05, 4.69) is 22.2 Å². The molecule has 2 aromatic heterocycles. The van der Waals surface area contributed by atoms with Gasteiger partial charge in [0.1, 0.15) is 0 Å². The fourth-order valence-electron chi connectivity index (χ4n) is 4.27. The summed E-state index contributed by atoms with van der Waals surface area (Å²) in [5.41, 5.74) is 2.36. The fourth-order valence-corrected chi connectivity index (χ4v) is 5.74. The quantitative estimate of drug-likeness (QED) is 0.533. The summed E-state index contributed by atoms with van der Waals surface area (Å²) < 4.78 is 29.8. The highest BCUT2D eigenvalue weighted by Gasteiger charge is 2.28. The molecule has 35 heavy (non-hydrogen) atoms. The minimum atomic E-state index is -3.64. The maximum atomic E-state index is 13.4. The standard InChI is InChI=1S/C25H34N6O3S/c1-6-29-10-12-30(13-11-29)35(33,34)20-9-7-8-19(14-20)27-25(32)21-15-23(17(2)3)28-24-22(21)16-26-31(24)18(4)5/h7-9,14-18H,6,10-13H2,1-5H3,(H,27,32). The van der Waals surface area contributed by atoms with E-state index in [1.807, 2.05) is 32.4 Å². The van der Waals surface area contributed by atoms with Crippen molar-refractivity contribution in [2.24, 2.45) is 0 Å². The third-order valence-corrected chi connectivity index (χ3v) is 8.31. The van der Waals surface area contributed by atoms with Gasteiger partial charge in [-0.1, -0.05) is 26.8 Å². The number of benzene rings is 1. The Kier molecular flexibility index (Phi) is 7.25. The number of aromatic nitrogens is 3. The molecule has 0 unspecified atom stereocenters. The molecule has 10 heteroatoms. The highest BCUT2D eigenvalue weighted by molar-refractivity contribution is 7.89. The lowest BCUT2D eigenvalue weighted by molar-refractivity contribution is 0.102. The SMILES string of the molecule is CCN1CCN(S(=O)(=O)c2cccc(NC(=O)c3cc(C(C)C)nc4c3cnn4C(C)C)c2)CC1.